The lowest BCUT2D eigenvalue weighted by atomic mass is 10.2. The second-order valence-electron chi connectivity index (χ2n) is 4.42. The number of unbranched alkanes of at least 4 members (excludes halogenated alkanes) is 2. The Morgan fingerprint density at radius 1 is 1.22 bits per heavy atom. The molecule has 0 fully saturated rings. The van der Waals surface area contributed by atoms with Gasteiger partial charge in [0.2, 0.25) is 0 Å². The normalized spacial score (nSPS) is 10.4. The minimum atomic E-state index is 0.868. The maximum Gasteiger partial charge on any atom is 0.133 e. The van der Waals surface area contributed by atoms with Crippen molar-refractivity contribution in [2.24, 2.45) is 0 Å². The van der Waals surface area contributed by atoms with Crippen molar-refractivity contribution in [2.75, 3.05) is 43.9 Å². The zero-order chi connectivity index (χ0) is 13.2. The van der Waals surface area contributed by atoms with E-state index in [1.54, 1.807) is 6.33 Å². The molecule has 0 atom stereocenters. The Morgan fingerprint density at radius 2 is 2.06 bits per heavy atom. The molecule has 1 heterocycles. The Labute approximate surface area is 110 Å². The molecule has 2 N–H and O–H groups in total. The zero-order valence-corrected chi connectivity index (χ0v) is 11.7. The highest BCUT2D eigenvalue weighted by molar-refractivity contribution is 5.47. The number of nitrogens with zero attached hydrogens (tertiary/aromatic N) is 3. The molecule has 1 aromatic rings. The summed E-state index contributed by atoms with van der Waals surface area (Å²) in [5.41, 5.74) is 0. The molecule has 0 unspecified atom stereocenters. The van der Waals surface area contributed by atoms with E-state index >= 15 is 0 Å². The fourth-order valence-electron chi connectivity index (χ4n) is 1.68. The lowest BCUT2D eigenvalue weighted by molar-refractivity contribution is 0.701. The number of aromatic nitrogens is 2. The largest absolute Gasteiger partial charge is 0.369 e. The molecule has 0 radical (unpaired) electrons. The van der Waals surface area contributed by atoms with E-state index < -0.39 is 0 Å². The van der Waals surface area contributed by atoms with Gasteiger partial charge in [0.15, 0.2) is 0 Å². The lowest BCUT2D eigenvalue weighted by Gasteiger charge is -2.18. The quantitative estimate of drug-likeness (QED) is 0.655. The zero-order valence-electron chi connectivity index (χ0n) is 11.7. The van der Waals surface area contributed by atoms with Crippen LogP contribution in [0.1, 0.15) is 26.2 Å². The molecule has 0 aromatic carbocycles. The average molecular weight is 251 g/mol. The number of anilines is 2. The highest BCUT2D eigenvalue weighted by Crippen LogP contribution is 2.13. The summed E-state index contributed by atoms with van der Waals surface area (Å²) in [6, 6.07) is 2.00. The third kappa shape index (κ3) is 5.31. The van der Waals surface area contributed by atoms with Crippen molar-refractivity contribution in [1.82, 2.24) is 15.3 Å². The number of rotatable bonds is 9. The van der Waals surface area contributed by atoms with Crippen LogP contribution in [0.15, 0.2) is 12.4 Å². The molecule has 5 nitrogen and oxygen atoms in total. The van der Waals surface area contributed by atoms with Gasteiger partial charge < -0.3 is 15.5 Å². The fraction of sp³-hybridized carbons (Fsp3) is 0.692. The summed E-state index contributed by atoms with van der Waals surface area (Å²) in [4.78, 5) is 10.7. The molecule has 0 bridgehead atoms. The first-order valence-corrected chi connectivity index (χ1v) is 6.69. The van der Waals surface area contributed by atoms with E-state index in [9.17, 15) is 0 Å². The topological polar surface area (TPSA) is 53.1 Å². The van der Waals surface area contributed by atoms with Gasteiger partial charge in [-0.1, -0.05) is 19.8 Å². The summed E-state index contributed by atoms with van der Waals surface area (Å²) in [6.07, 6.45) is 5.34. The van der Waals surface area contributed by atoms with E-state index in [-0.39, 0.29) is 0 Å². The number of likely N-dealkylation sites (N-methyl/N-ethyl adjacent to an activating group) is 1. The monoisotopic (exact) mass is 251 g/mol. The van der Waals surface area contributed by atoms with E-state index in [0.717, 1.165) is 31.3 Å². The summed E-state index contributed by atoms with van der Waals surface area (Å²) in [5, 5.41) is 6.36. The lowest BCUT2D eigenvalue weighted by Crippen LogP contribution is -2.21. The Balaban J connectivity index is 2.47. The minimum Gasteiger partial charge on any atom is -0.369 e. The smallest absolute Gasteiger partial charge is 0.133 e. The molecule has 0 spiro atoms. The van der Waals surface area contributed by atoms with Crippen molar-refractivity contribution in [3.63, 3.8) is 0 Å². The Morgan fingerprint density at radius 3 is 2.78 bits per heavy atom. The molecule has 0 amide bonds. The van der Waals surface area contributed by atoms with Crippen LogP contribution in [0.3, 0.4) is 0 Å². The van der Waals surface area contributed by atoms with Gasteiger partial charge in [-0.2, -0.15) is 0 Å². The van der Waals surface area contributed by atoms with E-state index in [2.05, 4.69) is 39.5 Å². The second-order valence-corrected chi connectivity index (χ2v) is 4.42. The Hall–Kier alpha value is -1.36. The predicted molar refractivity (Wildman–Crippen MR) is 77.2 cm³/mol. The molecule has 0 saturated carbocycles. The van der Waals surface area contributed by atoms with Crippen molar-refractivity contribution in [3.05, 3.63) is 12.4 Å². The Kier molecular flexibility index (Phi) is 7.10. The van der Waals surface area contributed by atoms with Crippen LogP contribution in [-0.4, -0.2) is 43.7 Å². The highest BCUT2D eigenvalue weighted by atomic mass is 15.2. The molecule has 1 aromatic heterocycles. The molecular weight excluding hydrogens is 226 g/mol. The van der Waals surface area contributed by atoms with Crippen LogP contribution < -0.4 is 15.5 Å². The van der Waals surface area contributed by atoms with Gasteiger partial charge in [-0.3, -0.25) is 0 Å². The second kappa shape index (κ2) is 8.69. The van der Waals surface area contributed by atoms with Crippen LogP contribution in [0.25, 0.3) is 0 Å². The van der Waals surface area contributed by atoms with Crippen LogP contribution in [0.2, 0.25) is 0 Å². The first kappa shape index (κ1) is 14.7. The van der Waals surface area contributed by atoms with Crippen molar-refractivity contribution in [1.29, 1.82) is 0 Å². The third-order valence-corrected chi connectivity index (χ3v) is 2.82. The predicted octanol–water partition coefficient (Wildman–Crippen LogP) is 1.73. The molecule has 0 saturated heterocycles. The van der Waals surface area contributed by atoms with Gasteiger partial charge in [0.1, 0.15) is 18.0 Å². The van der Waals surface area contributed by atoms with Gasteiger partial charge in [0, 0.05) is 32.7 Å². The molecule has 18 heavy (non-hydrogen) atoms. The maximum atomic E-state index is 4.31. The third-order valence-electron chi connectivity index (χ3n) is 2.82. The molecule has 0 aliphatic carbocycles. The summed E-state index contributed by atoms with van der Waals surface area (Å²) >= 11 is 0. The molecule has 5 heteroatoms. The van der Waals surface area contributed by atoms with Crippen LogP contribution >= 0.6 is 0 Å². The van der Waals surface area contributed by atoms with E-state index in [0.29, 0.717) is 0 Å². The summed E-state index contributed by atoms with van der Waals surface area (Å²) in [5.74, 6) is 1.87. The van der Waals surface area contributed by atoms with Gasteiger partial charge in [0.25, 0.3) is 0 Å². The van der Waals surface area contributed by atoms with Gasteiger partial charge in [-0.05, 0) is 13.5 Å². The van der Waals surface area contributed by atoms with Crippen molar-refractivity contribution in [3.8, 4) is 0 Å². The average Bonchev–Trinajstić information content (AvgIpc) is 2.39. The minimum absolute atomic E-state index is 0.868. The van der Waals surface area contributed by atoms with Crippen LogP contribution in [0.4, 0.5) is 11.6 Å². The first-order valence-electron chi connectivity index (χ1n) is 6.69. The van der Waals surface area contributed by atoms with E-state index in [1.807, 2.05) is 13.1 Å². The van der Waals surface area contributed by atoms with E-state index in [1.165, 1.54) is 19.3 Å². The SMILES string of the molecule is CCCCCN(C)c1cc(NCCNC)ncn1. The van der Waals surface area contributed by atoms with E-state index in [4.69, 9.17) is 0 Å². The van der Waals surface area contributed by atoms with Gasteiger partial charge in [0.05, 0.1) is 0 Å². The Bertz CT molecular complexity index is 329. The van der Waals surface area contributed by atoms with Crippen molar-refractivity contribution in [2.45, 2.75) is 26.2 Å². The van der Waals surface area contributed by atoms with Crippen LogP contribution in [0, 0.1) is 0 Å². The van der Waals surface area contributed by atoms with Crippen molar-refractivity contribution >= 4 is 11.6 Å². The highest BCUT2D eigenvalue weighted by Gasteiger charge is 2.03. The summed E-state index contributed by atoms with van der Waals surface area (Å²) in [6.45, 7) is 5.05. The molecule has 0 aliphatic rings. The van der Waals surface area contributed by atoms with Gasteiger partial charge >= 0.3 is 0 Å². The summed E-state index contributed by atoms with van der Waals surface area (Å²) < 4.78 is 0. The standard InChI is InChI=1S/C13H25N5/c1-4-5-6-9-18(3)13-10-12(16-11-17-13)15-8-7-14-2/h10-11,14H,4-9H2,1-3H3,(H,15,16,17). The molecule has 1 rings (SSSR count). The first-order chi connectivity index (χ1) is 8.77. The summed E-state index contributed by atoms with van der Waals surface area (Å²) in [7, 11) is 4.02. The molecule has 102 valence electrons. The number of nitrogens with one attached hydrogen (secondary N) is 2. The number of hydrogen-bond donors (Lipinski definition) is 2. The van der Waals surface area contributed by atoms with Gasteiger partial charge in [-0.25, -0.2) is 9.97 Å². The van der Waals surface area contributed by atoms with Gasteiger partial charge in [-0.15, -0.1) is 0 Å². The fourth-order valence-corrected chi connectivity index (χ4v) is 1.68. The number of hydrogen-bond acceptors (Lipinski definition) is 5. The van der Waals surface area contributed by atoms with Crippen LogP contribution in [-0.2, 0) is 0 Å². The molecular formula is C13H25N5. The van der Waals surface area contributed by atoms with Crippen LogP contribution in [0.5, 0.6) is 0 Å². The molecule has 0 aliphatic heterocycles. The van der Waals surface area contributed by atoms with Crippen molar-refractivity contribution < 1.29 is 0 Å². The maximum absolute atomic E-state index is 4.31.